The van der Waals surface area contributed by atoms with Gasteiger partial charge < -0.3 is 15.3 Å². The molecule has 0 rings (SSSR count). The first-order chi connectivity index (χ1) is 9.45. The zero-order valence-corrected chi connectivity index (χ0v) is 13.1. The lowest BCUT2D eigenvalue weighted by Gasteiger charge is -2.26. The number of carboxylic acid groups (broad SMARTS) is 1. The van der Waals surface area contributed by atoms with Crippen molar-refractivity contribution in [3.8, 4) is 0 Å². The molecule has 0 aromatic rings. The van der Waals surface area contributed by atoms with Gasteiger partial charge in [-0.05, 0) is 19.3 Å². The molecule has 0 radical (unpaired) electrons. The normalized spacial score (nSPS) is 15.8. The van der Waals surface area contributed by atoms with Crippen molar-refractivity contribution in [2.24, 2.45) is 5.92 Å². The van der Waals surface area contributed by atoms with Crippen LogP contribution in [0, 0.1) is 5.92 Å². The number of carbonyl (C=O) groups is 1. The van der Waals surface area contributed by atoms with E-state index in [9.17, 15) is 15.0 Å². The molecule has 0 aliphatic heterocycles. The molecular formula is C16H32O4. The van der Waals surface area contributed by atoms with Crippen LogP contribution >= 0.6 is 0 Å². The summed E-state index contributed by atoms with van der Waals surface area (Å²) in [6, 6.07) is 0. The fourth-order valence-corrected chi connectivity index (χ4v) is 2.30. The molecule has 0 amide bonds. The van der Waals surface area contributed by atoms with Crippen molar-refractivity contribution >= 4 is 5.97 Å². The SMILES string of the molecule is CCCCCCCCC[C@@](O)(CO)CC[C@@H](C)C(=O)O. The van der Waals surface area contributed by atoms with Crippen LogP contribution in [-0.4, -0.2) is 33.5 Å². The molecule has 20 heavy (non-hydrogen) atoms. The first-order valence-electron chi connectivity index (χ1n) is 8.01. The van der Waals surface area contributed by atoms with Crippen LogP contribution in [0.1, 0.15) is 78.1 Å². The van der Waals surface area contributed by atoms with Gasteiger partial charge in [0.25, 0.3) is 0 Å². The van der Waals surface area contributed by atoms with Gasteiger partial charge in [-0.3, -0.25) is 4.79 Å². The molecule has 0 aliphatic rings. The predicted octanol–water partition coefficient (Wildman–Crippen LogP) is 3.35. The molecule has 4 heteroatoms. The number of carboxylic acids is 1. The lowest BCUT2D eigenvalue weighted by atomic mass is 9.88. The van der Waals surface area contributed by atoms with Crippen molar-refractivity contribution in [2.75, 3.05) is 6.61 Å². The number of hydrogen-bond donors (Lipinski definition) is 3. The van der Waals surface area contributed by atoms with Crippen LogP contribution in [0.4, 0.5) is 0 Å². The maximum absolute atomic E-state index is 10.7. The molecule has 3 N–H and O–H groups in total. The molecular weight excluding hydrogens is 256 g/mol. The van der Waals surface area contributed by atoms with E-state index in [0.717, 1.165) is 12.8 Å². The molecule has 0 aromatic heterocycles. The molecule has 0 heterocycles. The van der Waals surface area contributed by atoms with Crippen LogP contribution in [0.2, 0.25) is 0 Å². The third-order valence-corrected chi connectivity index (χ3v) is 4.00. The smallest absolute Gasteiger partial charge is 0.306 e. The van der Waals surface area contributed by atoms with E-state index in [4.69, 9.17) is 5.11 Å². The second-order valence-corrected chi connectivity index (χ2v) is 6.03. The molecule has 2 atom stereocenters. The van der Waals surface area contributed by atoms with Gasteiger partial charge in [-0.1, -0.05) is 58.8 Å². The van der Waals surface area contributed by atoms with E-state index < -0.39 is 17.5 Å². The van der Waals surface area contributed by atoms with Crippen LogP contribution < -0.4 is 0 Å². The van der Waals surface area contributed by atoms with Gasteiger partial charge in [0.1, 0.15) is 0 Å². The van der Waals surface area contributed by atoms with E-state index in [2.05, 4.69) is 6.92 Å². The van der Waals surface area contributed by atoms with Gasteiger partial charge >= 0.3 is 5.97 Å². The lowest BCUT2D eigenvalue weighted by Crippen LogP contribution is -2.34. The fraction of sp³-hybridized carbons (Fsp3) is 0.938. The van der Waals surface area contributed by atoms with Crippen LogP contribution in [0.3, 0.4) is 0 Å². The van der Waals surface area contributed by atoms with Gasteiger partial charge in [0.15, 0.2) is 0 Å². The second kappa shape index (κ2) is 11.1. The zero-order valence-electron chi connectivity index (χ0n) is 13.1. The minimum absolute atomic E-state index is 0.283. The van der Waals surface area contributed by atoms with E-state index in [1.807, 2.05) is 0 Å². The molecule has 0 aromatic carbocycles. The molecule has 0 unspecified atom stereocenters. The maximum Gasteiger partial charge on any atom is 0.306 e. The molecule has 0 bridgehead atoms. The Balaban J connectivity index is 3.79. The Bertz CT molecular complexity index is 255. The summed E-state index contributed by atoms with van der Waals surface area (Å²) >= 11 is 0. The van der Waals surface area contributed by atoms with E-state index in [1.165, 1.54) is 32.1 Å². The van der Waals surface area contributed by atoms with Crippen molar-refractivity contribution in [2.45, 2.75) is 83.7 Å². The van der Waals surface area contributed by atoms with Gasteiger partial charge in [0.05, 0.1) is 18.1 Å². The summed E-state index contributed by atoms with van der Waals surface area (Å²) < 4.78 is 0. The Hall–Kier alpha value is -0.610. The first kappa shape index (κ1) is 19.4. The molecule has 0 saturated heterocycles. The van der Waals surface area contributed by atoms with E-state index in [0.29, 0.717) is 19.3 Å². The Morgan fingerprint density at radius 2 is 1.60 bits per heavy atom. The summed E-state index contributed by atoms with van der Waals surface area (Å²) in [5, 5.41) is 28.4. The summed E-state index contributed by atoms with van der Waals surface area (Å²) in [6.07, 6.45) is 9.50. The monoisotopic (exact) mass is 288 g/mol. The van der Waals surface area contributed by atoms with Crippen LogP contribution in [-0.2, 0) is 4.79 Å². The van der Waals surface area contributed by atoms with Crippen LogP contribution in [0.15, 0.2) is 0 Å². The topological polar surface area (TPSA) is 77.8 Å². The zero-order chi connectivity index (χ0) is 15.4. The minimum Gasteiger partial charge on any atom is -0.481 e. The van der Waals surface area contributed by atoms with E-state index >= 15 is 0 Å². The van der Waals surface area contributed by atoms with Crippen molar-refractivity contribution in [3.05, 3.63) is 0 Å². The first-order valence-corrected chi connectivity index (χ1v) is 8.01. The predicted molar refractivity (Wildman–Crippen MR) is 80.7 cm³/mol. The van der Waals surface area contributed by atoms with Crippen molar-refractivity contribution < 1.29 is 20.1 Å². The summed E-state index contributed by atoms with van der Waals surface area (Å²) in [4.78, 5) is 10.7. The van der Waals surface area contributed by atoms with Crippen LogP contribution in [0.25, 0.3) is 0 Å². The van der Waals surface area contributed by atoms with E-state index in [1.54, 1.807) is 6.92 Å². The highest BCUT2D eigenvalue weighted by Gasteiger charge is 2.27. The van der Waals surface area contributed by atoms with Crippen molar-refractivity contribution in [1.82, 2.24) is 0 Å². The second-order valence-electron chi connectivity index (χ2n) is 6.03. The summed E-state index contributed by atoms with van der Waals surface area (Å²) in [6.45, 7) is 3.54. The molecule has 0 aliphatic carbocycles. The Labute approximate surface area is 123 Å². The van der Waals surface area contributed by atoms with Gasteiger partial charge in [-0.2, -0.15) is 0 Å². The Morgan fingerprint density at radius 3 is 2.10 bits per heavy atom. The molecule has 0 spiro atoms. The van der Waals surface area contributed by atoms with Crippen molar-refractivity contribution in [1.29, 1.82) is 0 Å². The molecule has 120 valence electrons. The van der Waals surface area contributed by atoms with Gasteiger partial charge in [-0.25, -0.2) is 0 Å². The highest BCUT2D eigenvalue weighted by molar-refractivity contribution is 5.69. The van der Waals surface area contributed by atoms with E-state index in [-0.39, 0.29) is 6.61 Å². The number of hydrogen-bond acceptors (Lipinski definition) is 3. The Morgan fingerprint density at radius 1 is 1.05 bits per heavy atom. The summed E-state index contributed by atoms with van der Waals surface area (Å²) in [7, 11) is 0. The third kappa shape index (κ3) is 9.32. The molecule has 0 fully saturated rings. The third-order valence-electron chi connectivity index (χ3n) is 4.00. The number of aliphatic hydroxyl groups is 2. The van der Waals surface area contributed by atoms with Crippen molar-refractivity contribution in [3.63, 3.8) is 0 Å². The number of aliphatic carboxylic acids is 1. The quantitative estimate of drug-likeness (QED) is 0.454. The minimum atomic E-state index is -1.10. The average Bonchev–Trinajstić information content (AvgIpc) is 2.43. The average molecular weight is 288 g/mol. The highest BCUT2D eigenvalue weighted by atomic mass is 16.4. The van der Waals surface area contributed by atoms with Gasteiger partial charge in [-0.15, -0.1) is 0 Å². The Kier molecular flexibility index (Phi) is 10.8. The summed E-state index contributed by atoms with van der Waals surface area (Å²) in [5.41, 5.74) is -1.10. The standard InChI is InChI=1S/C16H32O4/c1-3-4-5-6-7-8-9-11-16(20,13-17)12-10-14(2)15(18)19/h14,17,20H,3-13H2,1-2H3,(H,18,19)/t14-,16+/m1/s1. The molecule has 0 saturated carbocycles. The molecule has 4 nitrogen and oxygen atoms in total. The van der Waals surface area contributed by atoms with Gasteiger partial charge in [0.2, 0.25) is 0 Å². The lowest BCUT2D eigenvalue weighted by molar-refractivity contribution is -0.141. The number of unbranched alkanes of at least 4 members (excludes halogenated alkanes) is 6. The largest absolute Gasteiger partial charge is 0.481 e. The number of rotatable bonds is 13. The maximum atomic E-state index is 10.7. The fourth-order valence-electron chi connectivity index (χ4n) is 2.30. The number of aliphatic hydroxyl groups excluding tert-OH is 1. The highest BCUT2D eigenvalue weighted by Crippen LogP contribution is 2.23. The summed E-state index contributed by atoms with van der Waals surface area (Å²) in [5.74, 6) is -1.32. The van der Waals surface area contributed by atoms with Gasteiger partial charge in [0, 0.05) is 0 Å². The van der Waals surface area contributed by atoms with Crippen LogP contribution in [0.5, 0.6) is 0 Å².